The second kappa shape index (κ2) is 8.12. The van der Waals surface area contributed by atoms with Crippen molar-refractivity contribution in [2.75, 3.05) is 16.8 Å². The first-order chi connectivity index (χ1) is 16.9. The molecule has 11 heteroatoms. The van der Waals surface area contributed by atoms with E-state index < -0.39 is 17.6 Å². The molecule has 0 amide bonds. The molecule has 6 rings (SSSR count). The van der Waals surface area contributed by atoms with Crippen molar-refractivity contribution >= 4 is 28.9 Å². The molecule has 35 heavy (non-hydrogen) atoms. The summed E-state index contributed by atoms with van der Waals surface area (Å²) in [5.41, 5.74) is 1.42. The average Bonchev–Trinajstić information content (AvgIpc) is 3.23. The summed E-state index contributed by atoms with van der Waals surface area (Å²) < 4.78 is 14.9. The van der Waals surface area contributed by atoms with Gasteiger partial charge in [-0.1, -0.05) is 6.07 Å². The molecule has 4 aromatic heterocycles. The number of nitrogens with zero attached hydrogens (tertiary/aromatic N) is 6. The number of halogens is 1. The number of fused-ring (bicyclic) bond motifs is 1. The number of nitrogens with one attached hydrogen (secondary N) is 2. The van der Waals surface area contributed by atoms with E-state index in [0.29, 0.717) is 29.1 Å². The smallest absolute Gasteiger partial charge is 0.246 e. The molecule has 180 valence electrons. The molecule has 3 N–H and O–H groups in total. The minimum Gasteiger partial charge on any atom is -0.391 e. The van der Waals surface area contributed by atoms with Gasteiger partial charge in [0, 0.05) is 49.5 Å². The number of hydrogen-bond donors (Lipinski definition) is 3. The quantitative estimate of drug-likeness (QED) is 0.348. The monoisotopic (exact) mass is 476 g/mol. The van der Waals surface area contributed by atoms with Crippen molar-refractivity contribution in [1.82, 2.24) is 29.8 Å². The zero-order valence-electron chi connectivity index (χ0n) is 19.1. The molecule has 0 bridgehead atoms. The number of aromatic amines is 1. The number of aliphatic hydroxyl groups excluding tert-OH is 1. The maximum atomic E-state index is 13.4. The third-order valence-electron chi connectivity index (χ3n) is 6.86. The second-order valence-electron chi connectivity index (χ2n) is 9.54. The minimum absolute atomic E-state index is 0.0566. The Morgan fingerprint density at radius 1 is 1.34 bits per heavy atom. The molecule has 1 aliphatic carbocycles. The lowest BCUT2D eigenvalue weighted by Crippen LogP contribution is -2.49. The number of hydrogen-bond acceptors (Lipinski definition) is 8. The Bertz CT molecular complexity index is 1400. The molecule has 1 saturated carbocycles. The lowest BCUT2D eigenvalue weighted by Gasteiger charge is -2.33. The number of β-amino-alcohol motifs (C(OH)–C–C–N with tert-alkyl or cyclic N) is 1. The minimum atomic E-state index is -1.04. The van der Waals surface area contributed by atoms with Gasteiger partial charge in [0.25, 0.3) is 0 Å². The van der Waals surface area contributed by atoms with Crippen LogP contribution < -0.4 is 10.2 Å². The summed E-state index contributed by atoms with van der Waals surface area (Å²) in [4.78, 5) is 23.6. The van der Waals surface area contributed by atoms with Gasteiger partial charge in [0.05, 0.1) is 6.10 Å². The van der Waals surface area contributed by atoms with Crippen LogP contribution in [-0.4, -0.2) is 58.9 Å². The summed E-state index contributed by atoms with van der Waals surface area (Å²) in [5.74, 6) is 1.34. The van der Waals surface area contributed by atoms with Gasteiger partial charge >= 0.3 is 0 Å². The van der Waals surface area contributed by atoms with Crippen molar-refractivity contribution in [2.45, 2.75) is 50.2 Å². The molecule has 2 aliphatic rings. The summed E-state index contributed by atoms with van der Waals surface area (Å²) in [7, 11) is 0. The van der Waals surface area contributed by atoms with Crippen LogP contribution in [-0.2, 0) is 11.2 Å². The molecule has 1 aliphatic heterocycles. The molecule has 0 radical (unpaired) electrons. The van der Waals surface area contributed by atoms with Gasteiger partial charge in [-0.2, -0.15) is 14.5 Å². The van der Waals surface area contributed by atoms with Gasteiger partial charge in [0.15, 0.2) is 17.4 Å². The molecule has 0 aromatic carbocycles. The first kappa shape index (κ1) is 21.7. The van der Waals surface area contributed by atoms with Crippen LogP contribution in [0, 0.1) is 5.95 Å². The average molecular weight is 477 g/mol. The molecule has 5 heterocycles. The number of H-pyrrole nitrogens is 1. The van der Waals surface area contributed by atoms with Gasteiger partial charge in [-0.3, -0.25) is 9.89 Å². The fraction of sp³-hybridized carbons (Fsp3) is 0.375. The van der Waals surface area contributed by atoms with Gasteiger partial charge in [-0.15, -0.1) is 5.10 Å². The zero-order chi connectivity index (χ0) is 24.2. The lowest BCUT2D eigenvalue weighted by molar-refractivity contribution is -0.123. The van der Waals surface area contributed by atoms with Crippen LogP contribution in [0.2, 0.25) is 0 Å². The summed E-state index contributed by atoms with van der Waals surface area (Å²) in [6.07, 6.45) is 5.07. The Labute approximate surface area is 200 Å². The third-order valence-corrected chi connectivity index (χ3v) is 6.86. The number of aromatic nitrogens is 6. The van der Waals surface area contributed by atoms with Gasteiger partial charge in [0.1, 0.15) is 11.1 Å². The van der Waals surface area contributed by atoms with Crippen LogP contribution >= 0.6 is 0 Å². The zero-order valence-corrected chi connectivity index (χ0v) is 19.1. The highest BCUT2D eigenvalue weighted by atomic mass is 19.1. The Balaban J connectivity index is 1.33. The number of Topliss-reactive ketones (excluding diaryl/α,β-unsaturated/α-hetero) is 1. The van der Waals surface area contributed by atoms with E-state index in [4.69, 9.17) is 4.98 Å². The highest BCUT2D eigenvalue weighted by Crippen LogP contribution is 2.40. The molecular weight excluding hydrogens is 451 g/mol. The van der Waals surface area contributed by atoms with Crippen molar-refractivity contribution in [3.05, 3.63) is 59.9 Å². The van der Waals surface area contributed by atoms with Crippen molar-refractivity contribution in [3.63, 3.8) is 0 Å². The van der Waals surface area contributed by atoms with Crippen molar-refractivity contribution < 1.29 is 14.3 Å². The largest absolute Gasteiger partial charge is 0.391 e. The van der Waals surface area contributed by atoms with Gasteiger partial charge in [0.2, 0.25) is 11.9 Å². The SMILES string of the molecule is C[C@@]1(C(=O)Cc2ccc(F)nc2)C[C@H](O)CN1c1nc(Nc2cc(C3CC3)[nH]n2)c2cccn2n1. The molecule has 0 unspecified atom stereocenters. The standard InChI is InChI=1S/C24H25FN8O2/c1-24(19(35)9-14-4-7-20(25)26-12-14)11-16(34)13-32(24)23-28-22(18-3-2-8-33(18)31-23)27-21-10-17(29-30-21)15-5-6-15/h2-4,7-8,10,12,15-16,34H,5-6,9,11,13H2,1H3,(H2,27,28,29,30,31)/t16-,24-/m0/s1. The molecule has 1 saturated heterocycles. The molecular formula is C24H25FN8O2. The number of rotatable bonds is 7. The maximum absolute atomic E-state index is 13.4. The number of anilines is 3. The van der Waals surface area contributed by atoms with E-state index in [1.165, 1.54) is 25.1 Å². The Kier molecular flexibility index (Phi) is 5.03. The van der Waals surface area contributed by atoms with Gasteiger partial charge in [-0.05, 0) is 43.5 Å². The fourth-order valence-corrected chi connectivity index (χ4v) is 4.75. The maximum Gasteiger partial charge on any atom is 0.246 e. The summed E-state index contributed by atoms with van der Waals surface area (Å²) in [6.45, 7) is 2.00. The molecule has 4 aromatic rings. The molecule has 2 fully saturated rings. The number of carbonyl (C=O) groups is 1. The highest BCUT2D eigenvalue weighted by molar-refractivity contribution is 5.93. The molecule has 2 atom stereocenters. The second-order valence-corrected chi connectivity index (χ2v) is 9.54. The van der Waals surface area contributed by atoms with E-state index in [1.54, 1.807) is 22.4 Å². The van der Waals surface area contributed by atoms with E-state index in [1.807, 2.05) is 24.4 Å². The summed E-state index contributed by atoms with van der Waals surface area (Å²) in [5, 5.41) is 25.9. The Morgan fingerprint density at radius 3 is 2.97 bits per heavy atom. The predicted molar refractivity (Wildman–Crippen MR) is 126 cm³/mol. The summed E-state index contributed by atoms with van der Waals surface area (Å²) in [6, 6.07) is 8.53. The fourth-order valence-electron chi connectivity index (χ4n) is 4.75. The number of aliphatic hydroxyl groups is 1. The van der Waals surface area contributed by atoms with Crippen LogP contribution in [0.15, 0.2) is 42.7 Å². The lowest BCUT2D eigenvalue weighted by atomic mass is 9.89. The first-order valence-electron chi connectivity index (χ1n) is 11.7. The third kappa shape index (κ3) is 4.01. The Morgan fingerprint density at radius 2 is 2.20 bits per heavy atom. The van der Waals surface area contributed by atoms with Gasteiger partial charge < -0.3 is 15.3 Å². The van der Waals surface area contributed by atoms with Crippen molar-refractivity contribution in [1.29, 1.82) is 0 Å². The van der Waals surface area contributed by atoms with Crippen LogP contribution in [0.5, 0.6) is 0 Å². The normalized spacial score (nSPS) is 22.1. The Hall–Kier alpha value is -3.86. The van der Waals surface area contributed by atoms with Crippen LogP contribution in [0.1, 0.15) is 43.4 Å². The molecule has 0 spiro atoms. The summed E-state index contributed by atoms with van der Waals surface area (Å²) >= 11 is 0. The van der Waals surface area contributed by atoms with E-state index in [-0.39, 0.29) is 25.2 Å². The number of carbonyl (C=O) groups excluding carboxylic acids is 1. The number of pyridine rings is 1. The predicted octanol–water partition coefficient (Wildman–Crippen LogP) is 2.75. The van der Waals surface area contributed by atoms with E-state index in [9.17, 15) is 14.3 Å². The van der Waals surface area contributed by atoms with Gasteiger partial charge in [-0.25, -0.2) is 9.50 Å². The highest BCUT2D eigenvalue weighted by Gasteiger charge is 2.48. The topological polar surface area (TPSA) is 124 Å². The van der Waals surface area contributed by atoms with Crippen LogP contribution in [0.25, 0.3) is 5.52 Å². The first-order valence-corrected chi connectivity index (χ1v) is 11.7. The molecule has 10 nitrogen and oxygen atoms in total. The van der Waals surface area contributed by atoms with E-state index >= 15 is 0 Å². The van der Waals surface area contributed by atoms with Crippen molar-refractivity contribution in [3.8, 4) is 0 Å². The number of ketones is 1. The van der Waals surface area contributed by atoms with E-state index in [0.717, 1.165) is 11.2 Å². The van der Waals surface area contributed by atoms with E-state index in [2.05, 4.69) is 25.6 Å². The van der Waals surface area contributed by atoms with Crippen molar-refractivity contribution in [2.24, 2.45) is 0 Å². The van der Waals surface area contributed by atoms with Crippen LogP contribution in [0.4, 0.5) is 22.0 Å². The van der Waals surface area contributed by atoms with Crippen LogP contribution in [0.3, 0.4) is 0 Å².